The van der Waals surface area contributed by atoms with Gasteiger partial charge in [0.05, 0.1) is 18.8 Å². The Bertz CT molecular complexity index is 1130. The summed E-state index contributed by atoms with van der Waals surface area (Å²) in [7, 11) is 0. The molecule has 0 spiro atoms. The highest BCUT2D eigenvalue weighted by molar-refractivity contribution is 7.09. The summed E-state index contributed by atoms with van der Waals surface area (Å²) < 4.78 is 0. The van der Waals surface area contributed by atoms with Gasteiger partial charge in [-0.2, -0.15) is 0 Å². The van der Waals surface area contributed by atoms with E-state index in [0.29, 0.717) is 12.5 Å². The van der Waals surface area contributed by atoms with Crippen molar-refractivity contribution in [2.24, 2.45) is 5.92 Å². The van der Waals surface area contributed by atoms with Gasteiger partial charge < -0.3 is 10.0 Å². The number of hydrogen-bond donors (Lipinski definition) is 1. The highest BCUT2D eigenvalue weighted by Crippen LogP contribution is 2.33. The first-order valence-corrected chi connectivity index (χ1v) is 15.1. The van der Waals surface area contributed by atoms with Gasteiger partial charge in [-0.1, -0.05) is 69.5 Å². The van der Waals surface area contributed by atoms with Crippen LogP contribution in [0.4, 0.5) is 5.69 Å². The minimum Gasteiger partial charge on any atom is -0.480 e. The first-order valence-electron chi connectivity index (χ1n) is 14.2. The van der Waals surface area contributed by atoms with Crippen molar-refractivity contribution in [2.45, 2.75) is 78.3 Å². The molecule has 0 aliphatic heterocycles. The molecule has 3 aromatic rings. The van der Waals surface area contributed by atoms with Gasteiger partial charge in [0.2, 0.25) is 0 Å². The average molecular weight is 534 g/mol. The summed E-state index contributed by atoms with van der Waals surface area (Å²) in [6.07, 6.45) is 7.79. The van der Waals surface area contributed by atoms with Crippen LogP contribution in [0.2, 0.25) is 0 Å². The van der Waals surface area contributed by atoms with Crippen molar-refractivity contribution < 1.29 is 9.90 Å². The van der Waals surface area contributed by atoms with Crippen molar-refractivity contribution in [1.29, 1.82) is 0 Å². The Morgan fingerprint density at radius 1 is 1.03 bits per heavy atom. The Morgan fingerprint density at radius 2 is 1.74 bits per heavy atom. The van der Waals surface area contributed by atoms with Crippen LogP contribution in [0.25, 0.3) is 11.3 Å². The Hall–Kier alpha value is -2.70. The first kappa shape index (κ1) is 28.3. The third-order valence-electron chi connectivity index (χ3n) is 7.63. The van der Waals surface area contributed by atoms with Crippen LogP contribution in [-0.4, -0.2) is 40.6 Å². The average Bonchev–Trinajstić information content (AvgIpc) is 3.39. The van der Waals surface area contributed by atoms with E-state index in [1.165, 1.54) is 48.9 Å². The fourth-order valence-corrected chi connectivity index (χ4v) is 6.18. The van der Waals surface area contributed by atoms with Crippen LogP contribution in [0.1, 0.15) is 81.3 Å². The quantitative estimate of drug-likeness (QED) is 0.243. The van der Waals surface area contributed by atoms with Gasteiger partial charge in [-0.05, 0) is 67.8 Å². The second-order valence-electron chi connectivity index (χ2n) is 11.1. The molecule has 0 unspecified atom stereocenters. The zero-order valence-electron chi connectivity index (χ0n) is 23.2. The number of aliphatic carboxylic acids is 1. The fourth-order valence-electron chi connectivity index (χ4n) is 5.33. The molecule has 2 aromatic carbocycles. The smallest absolute Gasteiger partial charge is 0.317 e. The largest absolute Gasteiger partial charge is 0.480 e. The number of aromatic nitrogens is 1. The number of carboxylic acid groups (broad SMARTS) is 1. The molecule has 1 aliphatic carbocycles. The molecular weight excluding hydrogens is 490 g/mol. The summed E-state index contributed by atoms with van der Waals surface area (Å²) in [6.45, 7) is 9.77. The lowest BCUT2D eigenvalue weighted by atomic mass is 9.84. The molecule has 4 rings (SSSR count). The zero-order chi connectivity index (χ0) is 26.9. The second-order valence-corrected chi connectivity index (χ2v) is 12.0. The molecule has 0 saturated heterocycles. The fraction of sp³-hybridized carbons (Fsp3) is 0.500. The van der Waals surface area contributed by atoms with Crippen molar-refractivity contribution in [2.75, 3.05) is 24.5 Å². The summed E-state index contributed by atoms with van der Waals surface area (Å²) in [4.78, 5) is 20.5. The Balaban J connectivity index is 1.37. The van der Waals surface area contributed by atoms with Crippen molar-refractivity contribution in [3.05, 3.63) is 70.0 Å². The molecule has 1 heterocycles. The summed E-state index contributed by atoms with van der Waals surface area (Å²) in [5, 5.41) is 12.3. The van der Waals surface area contributed by atoms with Gasteiger partial charge in [-0.15, -0.1) is 11.3 Å². The maximum Gasteiger partial charge on any atom is 0.317 e. The number of nitrogens with zero attached hydrogens (tertiary/aromatic N) is 3. The molecule has 1 aromatic heterocycles. The molecule has 5 nitrogen and oxygen atoms in total. The van der Waals surface area contributed by atoms with E-state index in [2.05, 4.69) is 79.6 Å². The van der Waals surface area contributed by atoms with E-state index in [-0.39, 0.29) is 6.54 Å². The number of carbonyl (C=O) groups is 1. The highest BCUT2D eigenvalue weighted by atomic mass is 32.1. The Kier molecular flexibility index (Phi) is 10.4. The SMILES string of the molecule is CCN(Cc1ccc(C2CCCCC2)cc1)c1ccc(-c2csc(CN(CCC(C)C)CC(=O)O)n2)cc1. The topological polar surface area (TPSA) is 56.7 Å². The predicted molar refractivity (Wildman–Crippen MR) is 159 cm³/mol. The third-order valence-corrected chi connectivity index (χ3v) is 8.47. The van der Waals surface area contributed by atoms with Crippen LogP contribution in [-0.2, 0) is 17.9 Å². The molecule has 0 atom stereocenters. The van der Waals surface area contributed by atoms with Crippen molar-refractivity contribution in [1.82, 2.24) is 9.88 Å². The van der Waals surface area contributed by atoms with E-state index in [1.54, 1.807) is 11.3 Å². The molecule has 204 valence electrons. The minimum absolute atomic E-state index is 0.0481. The molecule has 6 heteroatoms. The molecule has 1 N–H and O–H groups in total. The minimum atomic E-state index is -0.790. The molecule has 1 aliphatic rings. The van der Waals surface area contributed by atoms with E-state index >= 15 is 0 Å². The van der Waals surface area contributed by atoms with Gasteiger partial charge in [0.1, 0.15) is 5.01 Å². The lowest BCUT2D eigenvalue weighted by molar-refractivity contribution is -0.138. The van der Waals surface area contributed by atoms with Gasteiger partial charge in [-0.3, -0.25) is 9.69 Å². The van der Waals surface area contributed by atoms with E-state index in [1.807, 2.05) is 4.90 Å². The predicted octanol–water partition coefficient (Wildman–Crippen LogP) is 7.82. The van der Waals surface area contributed by atoms with Crippen LogP contribution in [0.15, 0.2) is 53.9 Å². The summed E-state index contributed by atoms with van der Waals surface area (Å²) in [5.41, 5.74) is 6.12. The molecule has 1 fully saturated rings. The lowest BCUT2D eigenvalue weighted by Crippen LogP contribution is -2.30. The lowest BCUT2D eigenvalue weighted by Gasteiger charge is -2.25. The Morgan fingerprint density at radius 3 is 2.37 bits per heavy atom. The zero-order valence-corrected chi connectivity index (χ0v) is 24.1. The van der Waals surface area contributed by atoms with E-state index in [4.69, 9.17) is 4.98 Å². The monoisotopic (exact) mass is 533 g/mol. The molecular formula is C32H43N3O2S. The number of rotatable bonds is 13. The molecule has 0 bridgehead atoms. The number of anilines is 1. The standard InChI is InChI=1S/C32H43N3O2S/c1-4-35(20-25-10-12-27(13-11-25)26-8-6-5-7-9-26)29-16-14-28(15-17-29)30-23-38-31(33-30)21-34(22-32(36)37)19-18-24(2)3/h10-17,23-24,26H,4-9,18-22H2,1-3H3,(H,36,37). The molecule has 1 saturated carbocycles. The van der Waals surface area contributed by atoms with Gasteiger partial charge in [0.15, 0.2) is 0 Å². The van der Waals surface area contributed by atoms with Gasteiger partial charge in [0.25, 0.3) is 0 Å². The number of thiazole rings is 1. The molecule has 0 amide bonds. The van der Waals surface area contributed by atoms with E-state index in [0.717, 1.165) is 48.2 Å². The maximum atomic E-state index is 11.3. The van der Waals surface area contributed by atoms with Crippen LogP contribution >= 0.6 is 11.3 Å². The van der Waals surface area contributed by atoms with Crippen LogP contribution in [0, 0.1) is 5.92 Å². The van der Waals surface area contributed by atoms with Gasteiger partial charge >= 0.3 is 5.97 Å². The number of benzene rings is 2. The summed E-state index contributed by atoms with van der Waals surface area (Å²) in [5.74, 6) is 0.501. The number of hydrogen-bond acceptors (Lipinski definition) is 5. The van der Waals surface area contributed by atoms with Crippen LogP contribution in [0.5, 0.6) is 0 Å². The second kappa shape index (κ2) is 13.9. The van der Waals surface area contributed by atoms with E-state index < -0.39 is 5.97 Å². The van der Waals surface area contributed by atoms with Crippen LogP contribution < -0.4 is 4.90 Å². The molecule has 38 heavy (non-hydrogen) atoms. The molecule has 0 radical (unpaired) electrons. The maximum absolute atomic E-state index is 11.3. The normalized spacial score (nSPS) is 14.3. The number of carboxylic acids is 1. The van der Waals surface area contributed by atoms with E-state index in [9.17, 15) is 9.90 Å². The Labute approximate surface area is 232 Å². The van der Waals surface area contributed by atoms with Gasteiger partial charge in [0, 0.05) is 29.7 Å². The summed E-state index contributed by atoms with van der Waals surface area (Å²) in [6, 6.07) is 18.0. The highest BCUT2D eigenvalue weighted by Gasteiger charge is 2.16. The van der Waals surface area contributed by atoms with Crippen molar-refractivity contribution in [3.63, 3.8) is 0 Å². The van der Waals surface area contributed by atoms with Crippen molar-refractivity contribution in [3.8, 4) is 11.3 Å². The third kappa shape index (κ3) is 8.15. The van der Waals surface area contributed by atoms with Crippen molar-refractivity contribution >= 4 is 23.0 Å². The first-order chi connectivity index (χ1) is 18.4. The van der Waals surface area contributed by atoms with Crippen LogP contribution in [0.3, 0.4) is 0 Å². The van der Waals surface area contributed by atoms with Gasteiger partial charge in [-0.25, -0.2) is 4.98 Å². The summed E-state index contributed by atoms with van der Waals surface area (Å²) >= 11 is 1.61.